The van der Waals surface area contributed by atoms with Crippen LogP contribution < -0.4 is 10.5 Å². The highest BCUT2D eigenvalue weighted by atomic mass is 16.5. The molecule has 1 fully saturated rings. The molecule has 1 amide bonds. The Labute approximate surface area is 183 Å². The van der Waals surface area contributed by atoms with Crippen LogP contribution in [0.4, 0.5) is 0 Å². The average Bonchev–Trinajstić information content (AvgIpc) is 3.41. The molecule has 2 aromatic carbocycles. The molecule has 1 unspecified atom stereocenters. The Morgan fingerprint density at radius 1 is 1.10 bits per heavy atom. The predicted molar refractivity (Wildman–Crippen MR) is 119 cm³/mol. The van der Waals surface area contributed by atoms with Gasteiger partial charge in [0.15, 0.2) is 0 Å². The topological polar surface area (TPSA) is 96.0 Å². The molecule has 1 heterocycles. The predicted octanol–water partition coefficient (Wildman–Crippen LogP) is 4.27. The molecule has 4 rings (SSSR count). The number of hydrogen-bond donors (Lipinski definition) is 3. The summed E-state index contributed by atoms with van der Waals surface area (Å²) >= 11 is 0. The quantitative estimate of drug-likeness (QED) is 0.643. The summed E-state index contributed by atoms with van der Waals surface area (Å²) in [5.41, 5.74) is 9.28. The molecule has 0 saturated heterocycles. The number of hydrogen-bond acceptors (Lipinski definition) is 5. The van der Waals surface area contributed by atoms with Crippen molar-refractivity contribution in [3.63, 3.8) is 0 Å². The minimum absolute atomic E-state index is 0.00589. The smallest absolute Gasteiger partial charge is 0.258 e. The summed E-state index contributed by atoms with van der Waals surface area (Å²) in [6, 6.07) is 8.82. The van der Waals surface area contributed by atoms with E-state index in [9.17, 15) is 15.0 Å². The van der Waals surface area contributed by atoms with E-state index in [4.69, 9.17) is 10.5 Å². The van der Waals surface area contributed by atoms with Crippen LogP contribution in [0.15, 0.2) is 30.3 Å². The van der Waals surface area contributed by atoms with Crippen LogP contribution >= 0.6 is 0 Å². The number of benzene rings is 2. The van der Waals surface area contributed by atoms with Crippen molar-refractivity contribution in [3.8, 4) is 17.2 Å². The van der Waals surface area contributed by atoms with E-state index >= 15 is 0 Å². The molecular weight excluding hydrogens is 392 g/mol. The first-order chi connectivity index (χ1) is 14.8. The summed E-state index contributed by atoms with van der Waals surface area (Å²) < 4.78 is 5.96. The number of ether oxygens (including phenoxy) is 1. The maximum absolute atomic E-state index is 13.1. The second-order valence-electron chi connectivity index (χ2n) is 9.19. The third-order valence-electron chi connectivity index (χ3n) is 6.63. The molecule has 0 radical (unpaired) electrons. The second-order valence-corrected chi connectivity index (χ2v) is 9.19. The maximum atomic E-state index is 13.1. The molecule has 166 valence electrons. The third-order valence-corrected chi connectivity index (χ3v) is 6.63. The van der Waals surface area contributed by atoms with E-state index in [-0.39, 0.29) is 34.9 Å². The van der Waals surface area contributed by atoms with Crippen LogP contribution in [0, 0.1) is 5.92 Å². The Morgan fingerprint density at radius 3 is 2.52 bits per heavy atom. The minimum Gasteiger partial charge on any atom is -0.508 e. The summed E-state index contributed by atoms with van der Waals surface area (Å²) in [7, 11) is 0. The van der Waals surface area contributed by atoms with Gasteiger partial charge >= 0.3 is 0 Å². The molecule has 0 spiro atoms. The summed E-state index contributed by atoms with van der Waals surface area (Å²) in [5.74, 6) is 0.922. The van der Waals surface area contributed by atoms with Crippen LogP contribution in [0.25, 0.3) is 0 Å². The normalized spacial score (nSPS) is 17.2. The fourth-order valence-corrected chi connectivity index (χ4v) is 4.72. The zero-order valence-corrected chi connectivity index (χ0v) is 18.3. The minimum atomic E-state index is -0.249. The molecule has 2 aliphatic rings. The van der Waals surface area contributed by atoms with Crippen LogP contribution in [-0.2, 0) is 13.1 Å². The van der Waals surface area contributed by atoms with E-state index < -0.39 is 0 Å². The average molecular weight is 425 g/mol. The van der Waals surface area contributed by atoms with Crippen molar-refractivity contribution in [1.29, 1.82) is 0 Å². The van der Waals surface area contributed by atoms with E-state index in [1.54, 1.807) is 11.0 Å². The number of nitrogens with two attached hydrogens (primary N) is 1. The van der Waals surface area contributed by atoms with Gasteiger partial charge in [0.25, 0.3) is 5.91 Å². The van der Waals surface area contributed by atoms with Crippen molar-refractivity contribution in [1.82, 2.24) is 4.90 Å². The third kappa shape index (κ3) is 4.49. The Morgan fingerprint density at radius 2 is 1.81 bits per heavy atom. The van der Waals surface area contributed by atoms with Crippen molar-refractivity contribution in [3.05, 3.63) is 52.6 Å². The van der Waals surface area contributed by atoms with Gasteiger partial charge in [-0.2, -0.15) is 0 Å². The van der Waals surface area contributed by atoms with Gasteiger partial charge in [0, 0.05) is 25.2 Å². The molecule has 0 bridgehead atoms. The van der Waals surface area contributed by atoms with Crippen molar-refractivity contribution in [2.45, 2.75) is 64.6 Å². The molecule has 1 saturated carbocycles. The van der Waals surface area contributed by atoms with Crippen molar-refractivity contribution >= 4 is 5.91 Å². The molecule has 1 aliphatic heterocycles. The van der Waals surface area contributed by atoms with Gasteiger partial charge in [-0.1, -0.05) is 32.8 Å². The highest BCUT2D eigenvalue weighted by molar-refractivity contribution is 5.97. The molecule has 0 aromatic heterocycles. The lowest BCUT2D eigenvalue weighted by atomic mass is 9.98. The molecule has 1 atom stereocenters. The number of aromatic hydroxyl groups is 2. The number of phenols is 2. The van der Waals surface area contributed by atoms with Gasteiger partial charge in [0.1, 0.15) is 23.9 Å². The van der Waals surface area contributed by atoms with Gasteiger partial charge < -0.3 is 25.6 Å². The van der Waals surface area contributed by atoms with Crippen LogP contribution in [0.3, 0.4) is 0 Å². The van der Waals surface area contributed by atoms with E-state index in [1.165, 1.54) is 31.7 Å². The van der Waals surface area contributed by atoms with Crippen molar-refractivity contribution in [2.24, 2.45) is 11.7 Å². The zero-order valence-electron chi connectivity index (χ0n) is 18.3. The highest BCUT2D eigenvalue weighted by Gasteiger charge is 2.28. The number of carbonyl (C=O) groups is 1. The lowest BCUT2D eigenvalue weighted by Gasteiger charge is -2.19. The molecule has 1 aliphatic carbocycles. The fraction of sp³-hybridized carbons (Fsp3) is 0.480. The number of carbonyl (C=O) groups excluding carboxylic acids is 1. The van der Waals surface area contributed by atoms with Crippen LogP contribution in [-0.4, -0.2) is 33.7 Å². The summed E-state index contributed by atoms with van der Waals surface area (Å²) in [4.78, 5) is 14.8. The van der Waals surface area contributed by atoms with E-state index in [2.05, 4.69) is 0 Å². The van der Waals surface area contributed by atoms with Crippen molar-refractivity contribution < 1.29 is 19.7 Å². The number of fused-ring (bicyclic) bond motifs is 1. The zero-order chi connectivity index (χ0) is 22.1. The number of rotatable bonds is 6. The Balaban J connectivity index is 1.44. The lowest BCUT2D eigenvalue weighted by Crippen LogP contribution is -2.34. The van der Waals surface area contributed by atoms with Gasteiger partial charge in [0.2, 0.25) is 0 Å². The molecule has 6 heteroatoms. The van der Waals surface area contributed by atoms with Gasteiger partial charge in [-0.15, -0.1) is 0 Å². The highest BCUT2D eigenvalue weighted by Crippen LogP contribution is 2.35. The SMILES string of the molecule is CC(C)c1cc(C(=O)N2Cc3ccc(OCC(N)C4CCCC4)cc3C2)c(O)cc1O. The Kier molecular flexibility index (Phi) is 6.10. The Bertz CT molecular complexity index is 966. The van der Waals surface area contributed by atoms with Crippen molar-refractivity contribution in [2.75, 3.05) is 6.61 Å². The number of phenolic OH excluding ortho intramolecular Hbond substituents is 2. The van der Waals surface area contributed by atoms with Gasteiger partial charge in [-0.3, -0.25) is 4.79 Å². The molecular formula is C25H32N2O4. The molecule has 6 nitrogen and oxygen atoms in total. The van der Waals surface area contributed by atoms with Crippen LogP contribution in [0.5, 0.6) is 17.2 Å². The standard InChI is InChI=1S/C25H32N2O4/c1-15(2)20-10-21(24(29)11-23(20)28)25(30)27-12-17-7-8-19(9-18(17)13-27)31-14-22(26)16-5-3-4-6-16/h7-11,15-16,22,28-29H,3-6,12-14,26H2,1-2H3. The van der Waals surface area contributed by atoms with E-state index in [0.29, 0.717) is 31.2 Å². The monoisotopic (exact) mass is 424 g/mol. The first-order valence-electron chi connectivity index (χ1n) is 11.2. The van der Waals surface area contributed by atoms with Gasteiger partial charge in [0.05, 0.1) is 5.56 Å². The van der Waals surface area contributed by atoms with E-state index in [1.807, 2.05) is 32.0 Å². The largest absolute Gasteiger partial charge is 0.508 e. The molecule has 2 aromatic rings. The summed E-state index contributed by atoms with van der Waals surface area (Å²) in [6.45, 7) is 5.31. The molecule has 31 heavy (non-hydrogen) atoms. The molecule has 4 N–H and O–H groups in total. The summed E-state index contributed by atoms with van der Waals surface area (Å²) in [5, 5.41) is 20.3. The maximum Gasteiger partial charge on any atom is 0.258 e. The number of amides is 1. The second kappa shape index (κ2) is 8.79. The van der Waals surface area contributed by atoms with E-state index in [0.717, 1.165) is 16.9 Å². The summed E-state index contributed by atoms with van der Waals surface area (Å²) in [6.07, 6.45) is 4.90. The van der Waals surface area contributed by atoms with Gasteiger partial charge in [-0.05, 0) is 59.6 Å². The first-order valence-corrected chi connectivity index (χ1v) is 11.2. The lowest BCUT2D eigenvalue weighted by molar-refractivity contribution is 0.0748. The first kappa shape index (κ1) is 21.5. The van der Waals surface area contributed by atoms with Gasteiger partial charge in [-0.25, -0.2) is 0 Å². The number of nitrogens with zero attached hydrogens (tertiary/aromatic N) is 1. The fourth-order valence-electron chi connectivity index (χ4n) is 4.72. The van der Waals surface area contributed by atoms with Crippen LogP contribution in [0.2, 0.25) is 0 Å². The van der Waals surface area contributed by atoms with Crippen LogP contribution in [0.1, 0.15) is 72.5 Å². The Hall–Kier alpha value is -2.73.